The van der Waals surface area contributed by atoms with Crippen LogP contribution in [0.15, 0.2) is 17.1 Å². The van der Waals surface area contributed by atoms with E-state index < -0.39 is 11.9 Å². The van der Waals surface area contributed by atoms with Gasteiger partial charge in [-0.25, -0.2) is 4.79 Å². The minimum Gasteiger partial charge on any atom is -0.481 e. The van der Waals surface area contributed by atoms with E-state index in [-0.39, 0.29) is 30.8 Å². The van der Waals surface area contributed by atoms with Crippen molar-refractivity contribution in [3.8, 4) is 5.88 Å². The molecule has 92 valence electrons. The van der Waals surface area contributed by atoms with Crippen molar-refractivity contribution in [1.29, 1.82) is 0 Å². The number of nitrogens with zero attached hydrogens (tertiary/aromatic N) is 2. The van der Waals surface area contributed by atoms with E-state index in [1.807, 2.05) is 0 Å². The summed E-state index contributed by atoms with van der Waals surface area (Å²) < 4.78 is 17.1. The van der Waals surface area contributed by atoms with Crippen LogP contribution in [-0.2, 0) is 9.47 Å². The van der Waals surface area contributed by atoms with Crippen molar-refractivity contribution >= 4 is 0 Å². The third-order valence-corrected chi connectivity index (χ3v) is 2.99. The second-order valence-corrected chi connectivity index (χ2v) is 3.97. The molecule has 1 aromatic rings. The Hall–Kier alpha value is -1.44. The summed E-state index contributed by atoms with van der Waals surface area (Å²) in [4.78, 5) is 15.4. The zero-order chi connectivity index (χ0) is 12.0. The van der Waals surface area contributed by atoms with Gasteiger partial charge in [-0.05, 0) is 0 Å². The number of ether oxygens (including phenoxy) is 3. The number of hydrogen-bond acceptors (Lipinski definition) is 6. The van der Waals surface area contributed by atoms with Gasteiger partial charge in [0, 0.05) is 12.3 Å². The van der Waals surface area contributed by atoms with Gasteiger partial charge in [0.25, 0.3) is 0 Å². The van der Waals surface area contributed by atoms with E-state index in [4.69, 9.17) is 19.3 Å². The molecule has 0 aliphatic carbocycles. The highest BCUT2D eigenvalue weighted by Gasteiger charge is 2.58. The molecule has 0 saturated carbocycles. The Kier molecular flexibility index (Phi) is 2.39. The third kappa shape index (κ3) is 1.63. The molecule has 0 spiro atoms. The van der Waals surface area contributed by atoms with Crippen LogP contribution in [0.2, 0.25) is 0 Å². The van der Waals surface area contributed by atoms with Crippen LogP contribution in [-0.4, -0.2) is 46.7 Å². The maximum atomic E-state index is 11.7. The Morgan fingerprint density at radius 2 is 2.35 bits per heavy atom. The number of methoxy groups -OCH3 is 1. The predicted octanol–water partition coefficient (Wildman–Crippen LogP) is -1.09. The van der Waals surface area contributed by atoms with Crippen LogP contribution in [0, 0.1) is 0 Å². The smallest absolute Gasteiger partial charge is 0.353 e. The number of aliphatic hydroxyl groups is 1. The number of epoxide rings is 1. The summed E-state index contributed by atoms with van der Waals surface area (Å²) in [5.41, 5.74) is -0.456. The lowest BCUT2D eigenvalue weighted by atomic mass is 10.2. The van der Waals surface area contributed by atoms with E-state index in [9.17, 15) is 4.79 Å². The van der Waals surface area contributed by atoms with Gasteiger partial charge in [-0.3, -0.25) is 4.57 Å². The first-order valence-electron chi connectivity index (χ1n) is 5.29. The molecular formula is C10H12N2O5. The molecule has 7 nitrogen and oxygen atoms in total. The highest BCUT2D eigenvalue weighted by Crippen LogP contribution is 2.44. The van der Waals surface area contributed by atoms with Gasteiger partial charge in [0.1, 0.15) is 18.3 Å². The van der Waals surface area contributed by atoms with Crippen LogP contribution in [0.1, 0.15) is 6.23 Å². The summed E-state index contributed by atoms with van der Waals surface area (Å²) >= 11 is 0. The van der Waals surface area contributed by atoms with Crippen LogP contribution in [0.5, 0.6) is 5.88 Å². The monoisotopic (exact) mass is 240 g/mol. The van der Waals surface area contributed by atoms with E-state index in [1.54, 1.807) is 12.3 Å². The van der Waals surface area contributed by atoms with Crippen molar-refractivity contribution in [3.63, 3.8) is 0 Å². The molecular weight excluding hydrogens is 228 g/mol. The molecule has 1 aromatic heterocycles. The molecule has 4 atom stereocenters. The molecule has 1 N–H and O–H groups in total. The number of hydrogen-bond donors (Lipinski definition) is 1. The quantitative estimate of drug-likeness (QED) is 0.675. The Morgan fingerprint density at radius 1 is 1.53 bits per heavy atom. The van der Waals surface area contributed by atoms with Gasteiger partial charge in [-0.2, -0.15) is 4.98 Å². The zero-order valence-corrected chi connectivity index (χ0v) is 9.15. The van der Waals surface area contributed by atoms with E-state index in [1.165, 1.54) is 11.7 Å². The lowest BCUT2D eigenvalue weighted by molar-refractivity contribution is -0.0856. The summed E-state index contributed by atoms with van der Waals surface area (Å²) in [6.07, 6.45) is 0.401. The van der Waals surface area contributed by atoms with Gasteiger partial charge in [0.2, 0.25) is 5.88 Å². The largest absolute Gasteiger partial charge is 0.481 e. The molecule has 3 rings (SSSR count). The molecule has 0 aromatic carbocycles. The molecule has 1 unspecified atom stereocenters. The molecule has 17 heavy (non-hydrogen) atoms. The lowest BCUT2D eigenvalue weighted by Crippen LogP contribution is -2.30. The van der Waals surface area contributed by atoms with Gasteiger partial charge < -0.3 is 19.3 Å². The number of aliphatic hydroxyl groups excluding tert-OH is 1. The van der Waals surface area contributed by atoms with Crippen molar-refractivity contribution in [2.24, 2.45) is 0 Å². The van der Waals surface area contributed by atoms with Gasteiger partial charge in [0.15, 0.2) is 6.23 Å². The maximum absolute atomic E-state index is 11.7. The van der Waals surface area contributed by atoms with Crippen molar-refractivity contribution < 1.29 is 19.3 Å². The topological polar surface area (TPSA) is 86.1 Å². The third-order valence-electron chi connectivity index (χ3n) is 2.99. The first-order chi connectivity index (χ1) is 8.24. The van der Waals surface area contributed by atoms with E-state index in [0.29, 0.717) is 0 Å². The predicted molar refractivity (Wildman–Crippen MR) is 54.7 cm³/mol. The van der Waals surface area contributed by atoms with Crippen LogP contribution < -0.4 is 10.4 Å². The fourth-order valence-electron chi connectivity index (χ4n) is 2.07. The summed E-state index contributed by atoms with van der Waals surface area (Å²) in [6, 6.07) is 1.58. The van der Waals surface area contributed by atoms with E-state index in [0.717, 1.165) is 0 Å². The summed E-state index contributed by atoms with van der Waals surface area (Å²) in [5, 5.41) is 9.05. The Morgan fingerprint density at radius 3 is 2.94 bits per heavy atom. The molecule has 7 heteroatoms. The van der Waals surface area contributed by atoms with Crippen molar-refractivity contribution in [2.45, 2.75) is 24.5 Å². The number of aromatic nitrogens is 2. The Bertz CT molecular complexity index is 488. The summed E-state index contributed by atoms with van der Waals surface area (Å²) in [6.45, 7) is -0.115. The van der Waals surface area contributed by atoms with Crippen LogP contribution in [0.3, 0.4) is 0 Å². The first kappa shape index (κ1) is 10.7. The number of fused-ring (bicyclic) bond motifs is 1. The number of rotatable bonds is 3. The highest BCUT2D eigenvalue weighted by molar-refractivity contribution is 5.08. The molecule has 2 aliphatic heterocycles. The van der Waals surface area contributed by atoms with Crippen molar-refractivity contribution in [1.82, 2.24) is 9.55 Å². The zero-order valence-electron chi connectivity index (χ0n) is 9.15. The Balaban J connectivity index is 1.88. The molecule has 0 bridgehead atoms. The van der Waals surface area contributed by atoms with Crippen molar-refractivity contribution in [3.05, 3.63) is 22.7 Å². The molecule has 3 heterocycles. The minimum absolute atomic E-state index is 0.112. The molecule has 0 radical (unpaired) electrons. The van der Waals surface area contributed by atoms with Crippen molar-refractivity contribution in [2.75, 3.05) is 13.7 Å². The highest BCUT2D eigenvalue weighted by atomic mass is 16.7. The Labute approximate surface area is 96.6 Å². The average Bonchev–Trinajstić information content (AvgIpc) is 3.05. The van der Waals surface area contributed by atoms with Gasteiger partial charge in [0.05, 0.1) is 13.7 Å². The standard InChI is InChI=1S/C10H12N2O5/c1-15-6-2-3-12(10(14)11-6)9-8-7(17-8)5(4-13)16-9/h2-3,5,7-9,13H,4H2,1H3/t5-,7-,8?,9-/m1/s1. The molecule has 2 fully saturated rings. The second-order valence-electron chi connectivity index (χ2n) is 3.97. The first-order valence-corrected chi connectivity index (χ1v) is 5.29. The van der Waals surface area contributed by atoms with Crippen LogP contribution in [0.4, 0.5) is 0 Å². The molecule has 0 amide bonds. The molecule has 2 aliphatic rings. The average molecular weight is 240 g/mol. The van der Waals surface area contributed by atoms with E-state index in [2.05, 4.69) is 4.98 Å². The normalized spacial score (nSPS) is 34.5. The SMILES string of the molecule is COc1ccn([C@@H]2O[C@H](CO)[C@H]3OC23)c(=O)n1. The van der Waals surface area contributed by atoms with Crippen LogP contribution >= 0.6 is 0 Å². The summed E-state index contributed by atoms with van der Waals surface area (Å²) in [5.74, 6) is 0.260. The lowest BCUT2D eigenvalue weighted by Gasteiger charge is -2.17. The van der Waals surface area contributed by atoms with Gasteiger partial charge in [-0.1, -0.05) is 0 Å². The van der Waals surface area contributed by atoms with E-state index >= 15 is 0 Å². The fraction of sp³-hybridized carbons (Fsp3) is 0.600. The van der Waals surface area contributed by atoms with Gasteiger partial charge in [-0.15, -0.1) is 0 Å². The second kappa shape index (κ2) is 3.80. The van der Waals surface area contributed by atoms with Crippen LogP contribution in [0.25, 0.3) is 0 Å². The minimum atomic E-state index is -0.511. The maximum Gasteiger partial charge on any atom is 0.353 e. The fourth-order valence-corrected chi connectivity index (χ4v) is 2.07. The van der Waals surface area contributed by atoms with Gasteiger partial charge >= 0.3 is 5.69 Å². The molecule has 2 saturated heterocycles. The summed E-state index contributed by atoms with van der Waals surface area (Å²) in [7, 11) is 1.44.